The van der Waals surface area contributed by atoms with Crippen LogP contribution in [0, 0.1) is 0 Å². The maximum absolute atomic E-state index is 10.9. The summed E-state index contributed by atoms with van der Waals surface area (Å²) >= 11 is 0.679. The van der Waals surface area contributed by atoms with Gasteiger partial charge in [0.25, 0.3) is 0 Å². The highest BCUT2D eigenvalue weighted by Crippen LogP contribution is 2.23. The van der Waals surface area contributed by atoms with E-state index in [9.17, 15) is 14.4 Å². The van der Waals surface area contributed by atoms with E-state index in [0.29, 0.717) is 11.3 Å². The molecule has 0 saturated carbocycles. The molecule has 9 heteroatoms. The molecule has 0 saturated heterocycles. The average molecular weight is 268 g/mol. The molecule has 0 spiro atoms. The molecule has 0 aliphatic rings. The highest BCUT2D eigenvalue weighted by Gasteiger charge is 2.21. The van der Waals surface area contributed by atoms with E-state index in [-0.39, 0.29) is 15.4 Å². The minimum Gasteiger partial charge on any atom is -0.478 e. The second kappa shape index (κ2) is 4.04. The molecule has 0 aliphatic carbocycles. The summed E-state index contributed by atoms with van der Waals surface area (Å²) in [7, 11) is 0. The number of thiazole rings is 1. The van der Waals surface area contributed by atoms with Crippen LogP contribution in [-0.2, 0) is 0 Å². The van der Waals surface area contributed by atoms with Gasteiger partial charge in [-0.3, -0.25) is 0 Å². The molecule has 2 aromatic heterocycles. The van der Waals surface area contributed by atoms with Gasteiger partial charge in [0.1, 0.15) is 10.3 Å². The summed E-state index contributed by atoms with van der Waals surface area (Å²) in [5, 5.41) is 26.1. The Hall–Kier alpha value is -2.55. The molecule has 2 heterocycles. The van der Waals surface area contributed by atoms with Gasteiger partial charge in [-0.2, -0.15) is 0 Å². The third kappa shape index (κ3) is 1.86. The number of hydrogen-bond donors (Lipinski definition) is 3. The van der Waals surface area contributed by atoms with Gasteiger partial charge < -0.3 is 15.3 Å². The van der Waals surface area contributed by atoms with E-state index < -0.39 is 29.2 Å². The Labute approximate surface area is 102 Å². The Balaban J connectivity index is 2.76. The molecular weight excluding hydrogens is 264 g/mol. The van der Waals surface area contributed by atoms with Crippen molar-refractivity contribution in [3.05, 3.63) is 22.3 Å². The minimum atomic E-state index is -1.50. The van der Waals surface area contributed by atoms with Gasteiger partial charge in [0.15, 0.2) is 5.69 Å². The molecule has 0 atom stereocenters. The minimum absolute atomic E-state index is 0.0415. The van der Waals surface area contributed by atoms with E-state index in [4.69, 9.17) is 15.3 Å². The van der Waals surface area contributed by atoms with E-state index in [1.54, 1.807) is 0 Å². The molecule has 0 aromatic carbocycles. The van der Waals surface area contributed by atoms with Crippen molar-refractivity contribution in [2.45, 2.75) is 0 Å². The van der Waals surface area contributed by atoms with Crippen molar-refractivity contribution in [2.24, 2.45) is 0 Å². The third-order valence-electron chi connectivity index (χ3n) is 2.00. The van der Waals surface area contributed by atoms with Crippen molar-refractivity contribution in [2.75, 3.05) is 0 Å². The first-order valence-electron chi connectivity index (χ1n) is 4.41. The first kappa shape index (κ1) is 11.9. The monoisotopic (exact) mass is 268 g/mol. The van der Waals surface area contributed by atoms with E-state index in [2.05, 4.69) is 9.97 Å². The van der Waals surface area contributed by atoms with E-state index in [0.717, 1.165) is 6.07 Å². The number of carbonyl (C=O) groups is 3. The van der Waals surface area contributed by atoms with E-state index in [1.165, 1.54) is 0 Å². The number of rotatable bonds is 3. The highest BCUT2D eigenvalue weighted by molar-refractivity contribution is 7.19. The summed E-state index contributed by atoms with van der Waals surface area (Å²) in [5.41, 5.74) is -1.13. The van der Waals surface area contributed by atoms with Crippen LogP contribution in [0.25, 0.3) is 10.3 Å². The van der Waals surface area contributed by atoms with Gasteiger partial charge in [0, 0.05) is 0 Å². The van der Waals surface area contributed by atoms with Crippen LogP contribution in [0.5, 0.6) is 0 Å². The fourth-order valence-corrected chi connectivity index (χ4v) is 2.04. The summed E-state index contributed by atoms with van der Waals surface area (Å²) in [6, 6.07) is 0.997. The number of pyridine rings is 1. The van der Waals surface area contributed by atoms with Crippen LogP contribution in [0.1, 0.15) is 30.6 Å². The summed E-state index contributed by atoms with van der Waals surface area (Å²) in [5.74, 6) is -4.25. The third-order valence-corrected chi connectivity index (χ3v) is 2.95. The van der Waals surface area contributed by atoms with E-state index in [1.807, 2.05) is 0 Å². The molecule has 2 rings (SSSR count). The first-order valence-corrected chi connectivity index (χ1v) is 5.23. The lowest BCUT2D eigenvalue weighted by Crippen LogP contribution is -2.10. The van der Waals surface area contributed by atoms with Gasteiger partial charge in [-0.05, 0) is 6.07 Å². The fourth-order valence-electron chi connectivity index (χ4n) is 1.28. The van der Waals surface area contributed by atoms with Crippen LogP contribution in [0.15, 0.2) is 6.07 Å². The lowest BCUT2D eigenvalue weighted by molar-refractivity contribution is 0.0647. The van der Waals surface area contributed by atoms with Crippen LogP contribution >= 0.6 is 11.3 Å². The Morgan fingerprint density at radius 3 is 2.17 bits per heavy atom. The van der Waals surface area contributed by atoms with E-state index >= 15 is 0 Å². The van der Waals surface area contributed by atoms with Gasteiger partial charge in [-0.15, -0.1) is 0 Å². The molecule has 92 valence electrons. The molecular formula is C9H4N2O6S. The largest absolute Gasteiger partial charge is 0.478 e. The first-order chi connectivity index (χ1) is 8.40. The highest BCUT2D eigenvalue weighted by atomic mass is 32.1. The standard InChI is InChI=1S/C9H4N2O6S/c12-7(13)2-1-3-5(11-4(2)8(14)15)18-6(10-3)9(16)17/h1H,(H,12,13)(H,14,15)(H,16,17). The molecule has 8 nitrogen and oxygen atoms in total. The van der Waals surface area contributed by atoms with Crippen LogP contribution in [0.4, 0.5) is 0 Å². The SMILES string of the molecule is O=C(O)c1nc2cc(C(=O)O)c(C(=O)O)nc2s1. The summed E-state index contributed by atoms with van der Waals surface area (Å²) in [6.07, 6.45) is 0. The Bertz CT molecular complexity index is 641. The van der Waals surface area contributed by atoms with Gasteiger partial charge in [0.05, 0.1) is 5.56 Å². The second-order valence-corrected chi connectivity index (χ2v) is 4.12. The Morgan fingerprint density at radius 1 is 1.00 bits per heavy atom. The second-order valence-electron chi connectivity index (χ2n) is 3.14. The van der Waals surface area contributed by atoms with Gasteiger partial charge in [0.2, 0.25) is 5.01 Å². The van der Waals surface area contributed by atoms with Crippen molar-refractivity contribution in [1.82, 2.24) is 9.97 Å². The van der Waals surface area contributed by atoms with Crippen LogP contribution < -0.4 is 0 Å². The van der Waals surface area contributed by atoms with Crippen LogP contribution in [-0.4, -0.2) is 43.2 Å². The number of aromatic carboxylic acids is 3. The number of fused-ring (bicyclic) bond motifs is 1. The number of carboxylic acid groups (broad SMARTS) is 3. The number of aromatic nitrogens is 2. The maximum Gasteiger partial charge on any atom is 0.365 e. The van der Waals surface area contributed by atoms with Crippen LogP contribution in [0.3, 0.4) is 0 Å². The van der Waals surface area contributed by atoms with Crippen LogP contribution in [0.2, 0.25) is 0 Å². The molecule has 0 radical (unpaired) electrons. The zero-order chi connectivity index (χ0) is 13.4. The van der Waals surface area contributed by atoms with Gasteiger partial charge in [-0.1, -0.05) is 11.3 Å². The van der Waals surface area contributed by atoms with Crippen molar-refractivity contribution >= 4 is 39.6 Å². The summed E-state index contributed by atoms with van der Waals surface area (Å²) in [4.78, 5) is 39.7. The molecule has 3 N–H and O–H groups in total. The van der Waals surface area contributed by atoms with Crippen molar-refractivity contribution < 1.29 is 29.7 Å². The topological polar surface area (TPSA) is 138 Å². The lowest BCUT2D eigenvalue weighted by Gasteiger charge is -1.99. The smallest absolute Gasteiger partial charge is 0.365 e. The Kier molecular flexibility index (Phi) is 2.67. The molecule has 18 heavy (non-hydrogen) atoms. The molecule has 0 bridgehead atoms. The number of nitrogens with zero attached hydrogens (tertiary/aromatic N) is 2. The molecule has 0 amide bonds. The molecule has 0 fully saturated rings. The lowest BCUT2D eigenvalue weighted by atomic mass is 10.2. The molecule has 0 unspecified atom stereocenters. The quantitative estimate of drug-likeness (QED) is 0.742. The molecule has 0 aliphatic heterocycles. The fraction of sp³-hybridized carbons (Fsp3) is 0. The number of carboxylic acids is 3. The average Bonchev–Trinajstić information content (AvgIpc) is 2.69. The Morgan fingerprint density at radius 2 is 1.67 bits per heavy atom. The zero-order valence-corrected chi connectivity index (χ0v) is 9.26. The molecule has 2 aromatic rings. The zero-order valence-electron chi connectivity index (χ0n) is 8.45. The normalized spacial score (nSPS) is 10.4. The van der Waals surface area contributed by atoms with Crippen molar-refractivity contribution in [3.63, 3.8) is 0 Å². The number of hydrogen-bond acceptors (Lipinski definition) is 6. The van der Waals surface area contributed by atoms with Crippen molar-refractivity contribution in [1.29, 1.82) is 0 Å². The predicted octanol–water partition coefficient (Wildman–Crippen LogP) is 0.786. The van der Waals surface area contributed by atoms with Gasteiger partial charge in [-0.25, -0.2) is 24.4 Å². The summed E-state index contributed by atoms with van der Waals surface area (Å²) < 4.78 is 0. The maximum atomic E-state index is 10.9. The predicted molar refractivity (Wildman–Crippen MR) is 58.3 cm³/mol. The van der Waals surface area contributed by atoms with Gasteiger partial charge >= 0.3 is 17.9 Å². The summed E-state index contributed by atoms with van der Waals surface area (Å²) in [6.45, 7) is 0. The van der Waals surface area contributed by atoms with Crippen molar-refractivity contribution in [3.8, 4) is 0 Å².